The summed E-state index contributed by atoms with van der Waals surface area (Å²) in [6.07, 6.45) is 0.855. The van der Waals surface area contributed by atoms with Gasteiger partial charge in [-0.2, -0.15) is 0 Å². The van der Waals surface area contributed by atoms with Crippen LogP contribution in [0.5, 0.6) is 5.88 Å². The van der Waals surface area contributed by atoms with Crippen molar-refractivity contribution in [1.29, 1.82) is 0 Å². The summed E-state index contributed by atoms with van der Waals surface area (Å²) in [5, 5.41) is 2.34. The first-order valence-corrected chi connectivity index (χ1v) is 6.41. The van der Waals surface area contributed by atoms with E-state index in [0.29, 0.717) is 30.3 Å². The minimum Gasteiger partial charge on any atom is -0.481 e. The lowest BCUT2D eigenvalue weighted by Crippen LogP contribution is -2.39. The van der Waals surface area contributed by atoms with Gasteiger partial charge in [-0.15, -0.1) is 0 Å². The van der Waals surface area contributed by atoms with Crippen LogP contribution in [-0.4, -0.2) is 23.9 Å². The lowest BCUT2D eigenvalue weighted by Gasteiger charge is -2.21. The number of imide groups is 1. The number of amides is 2. The van der Waals surface area contributed by atoms with Crippen molar-refractivity contribution < 1.29 is 14.3 Å². The summed E-state index contributed by atoms with van der Waals surface area (Å²) in [7, 11) is 1.57. The molecule has 0 radical (unpaired) electrons. The smallest absolute Gasteiger partial charge is 0.235 e. The van der Waals surface area contributed by atoms with Crippen molar-refractivity contribution in [3.63, 3.8) is 0 Å². The molecule has 0 unspecified atom stereocenters. The summed E-state index contributed by atoms with van der Waals surface area (Å²) in [4.78, 5) is 27.4. The van der Waals surface area contributed by atoms with Crippen LogP contribution in [0.25, 0.3) is 0 Å². The zero-order valence-electron chi connectivity index (χ0n) is 11.4. The Labute approximate surface area is 112 Å². The van der Waals surface area contributed by atoms with Gasteiger partial charge in [-0.1, -0.05) is 19.9 Å². The van der Waals surface area contributed by atoms with Gasteiger partial charge >= 0.3 is 0 Å². The number of rotatable bonds is 3. The number of nitrogens with zero attached hydrogens (tertiary/aromatic N) is 1. The van der Waals surface area contributed by atoms with E-state index < -0.39 is 0 Å². The highest BCUT2D eigenvalue weighted by Gasteiger charge is 2.29. The van der Waals surface area contributed by atoms with Gasteiger partial charge in [0, 0.05) is 12.0 Å². The van der Waals surface area contributed by atoms with Crippen molar-refractivity contribution >= 4 is 11.8 Å². The van der Waals surface area contributed by atoms with Gasteiger partial charge < -0.3 is 4.74 Å². The molecule has 5 nitrogen and oxygen atoms in total. The third kappa shape index (κ3) is 2.75. The molecule has 2 rings (SSSR count). The lowest BCUT2D eigenvalue weighted by atomic mass is 9.93. The maximum atomic E-state index is 11.8. The van der Waals surface area contributed by atoms with E-state index in [1.165, 1.54) is 0 Å². The molecule has 1 fully saturated rings. The van der Waals surface area contributed by atoms with E-state index in [-0.39, 0.29) is 17.7 Å². The van der Waals surface area contributed by atoms with E-state index in [1.807, 2.05) is 12.1 Å². The van der Waals surface area contributed by atoms with Crippen LogP contribution in [-0.2, 0) is 9.59 Å². The van der Waals surface area contributed by atoms with Crippen LogP contribution in [0.3, 0.4) is 0 Å². The normalized spacial score (nSPS) is 19.5. The summed E-state index contributed by atoms with van der Waals surface area (Å²) >= 11 is 0. The zero-order valence-corrected chi connectivity index (χ0v) is 11.4. The van der Waals surface area contributed by atoms with Crippen molar-refractivity contribution in [2.45, 2.75) is 38.5 Å². The fourth-order valence-corrected chi connectivity index (χ4v) is 2.24. The number of carbonyl (C=O) groups excluding carboxylic acids is 2. The topological polar surface area (TPSA) is 68.3 Å². The van der Waals surface area contributed by atoms with E-state index in [9.17, 15) is 9.59 Å². The van der Waals surface area contributed by atoms with Crippen LogP contribution in [0, 0.1) is 0 Å². The van der Waals surface area contributed by atoms with Crippen LogP contribution in [0.4, 0.5) is 0 Å². The average Bonchev–Trinajstić information content (AvgIpc) is 2.37. The molecule has 2 amide bonds. The highest BCUT2D eigenvalue weighted by atomic mass is 16.5. The highest BCUT2D eigenvalue weighted by molar-refractivity contribution is 6.00. The Morgan fingerprint density at radius 1 is 1.37 bits per heavy atom. The summed E-state index contributed by atoms with van der Waals surface area (Å²) in [6.45, 7) is 4.12. The molecule has 0 bridgehead atoms. The number of pyridine rings is 1. The second kappa shape index (κ2) is 5.38. The number of hydrogen-bond donors (Lipinski definition) is 1. The lowest BCUT2D eigenvalue weighted by molar-refractivity contribution is -0.134. The number of ether oxygens (including phenoxy) is 1. The van der Waals surface area contributed by atoms with E-state index >= 15 is 0 Å². The SMILES string of the molecule is COc1nc([C@H]2CCC(=O)NC2=O)ccc1C(C)C. The maximum absolute atomic E-state index is 11.8. The molecular formula is C14H18N2O3. The van der Waals surface area contributed by atoms with Crippen LogP contribution in [0.2, 0.25) is 0 Å². The first kappa shape index (κ1) is 13.5. The predicted octanol–water partition coefficient (Wildman–Crippen LogP) is 1.73. The largest absolute Gasteiger partial charge is 0.481 e. The van der Waals surface area contributed by atoms with E-state index in [4.69, 9.17) is 4.74 Å². The quantitative estimate of drug-likeness (QED) is 0.842. The van der Waals surface area contributed by atoms with Crippen LogP contribution in [0.15, 0.2) is 12.1 Å². The van der Waals surface area contributed by atoms with Crippen molar-refractivity contribution in [3.8, 4) is 5.88 Å². The minimum atomic E-state index is -0.368. The third-order valence-corrected chi connectivity index (χ3v) is 3.32. The number of methoxy groups -OCH3 is 1. The van der Waals surface area contributed by atoms with E-state index in [1.54, 1.807) is 7.11 Å². The zero-order chi connectivity index (χ0) is 14.0. The molecule has 1 aliphatic heterocycles. The second-order valence-electron chi connectivity index (χ2n) is 4.99. The number of piperidine rings is 1. The van der Waals surface area contributed by atoms with Gasteiger partial charge in [0.15, 0.2) is 0 Å². The molecule has 19 heavy (non-hydrogen) atoms. The molecule has 0 saturated carbocycles. The number of hydrogen-bond acceptors (Lipinski definition) is 4. The van der Waals surface area contributed by atoms with Gasteiger partial charge in [0.2, 0.25) is 17.7 Å². The van der Waals surface area contributed by atoms with Crippen molar-refractivity contribution in [2.24, 2.45) is 0 Å². The average molecular weight is 262 g/mol. The molecule has 1 atom stereocenters. The Hall–Kier alpha value is -1.91. The fourth-order valence-electron chi connectivity index (χ4n) is 2.24. The molecule has 1 saturated heterocycles. The molecule has 5 heteroatoms. The Morgan fingerprint density at radius 2 is 2.11 bits per heavy atom. The van der Waals surface area contributed by atoms with Gasteiger partial charge in [0.25, 0.3) is 0 Å². The number of aromatic nitrogens is 1. The molecule has 1 aromatic rings. The Morgan fingerprint density at radius 3 is 2.68 bits per heavy atom. The van der Waals surface area contributed by atoms with E-state index in [2.05, 4.69) is 24.1 Å². The van der Waals surface area contributed by atoms with Crippen LogP contribution in [0.1, 0.15) is 49.8 Å². The Kier molecular flexibility index (Phi) is 3.83. The summed E-state index contributed by atoms with van der Waals surface area (Å²) in [6, 6.07) is 3.79. The second-order valence-corrected chi connectivity index (χ2v) is 4.99. The molecule has 1 aromatic heterocycles. The molecule has 1 aliphatic rings. The van der Waals surface area contributed by atoms with Crippen molar-refractivity contribution in [1.82, 2.24) is 10.3 Å². The molecule has 2 heterocycles. The first-order chi connectivity index (χ1) is 9.02. The molecule has 0 aromatic carbocycles. The Balaban J connectivity index is 2.31. The fraction of sp³-hybridized carbons (Fsp3) is 0.500. The standard InChI is InChI=1S/C14H18N2O3/c1-8(2)9-4-6-11(15-14(9)19-3)10-5-7-12(17)16-13(10)18/h4,6,8,10H,5,7H2,1-3H3,(H,16,17,18)/t10-/m1/s1. The number of nitrogens with one attached hydrogen (secondary N) is 1. The van der Waals surface area contributed by atoms with Gasteiger partial charge in [-0.05, 0) is 18.4 Å². The Bertz CT molecular complexity index is 511. The molecule has 102 valence electrons. The third-order valence-electron chi connectivity index (χ3n) is 3.32. The number of carbonyl (C=O) groups is 2. The molecule has 0 spiro atoms. The van der Waals surface area contributed by atoms with Gasteiger partial charge in [-0.25, -0.2) is 4.98 Å². The van der Waals surface area contributed by atoms with Crippen LogP contribution >= 0.6 is 0 Å². The van der Waals surface area contributed by atoms with Gasteiger partial charge in [-0.3, -0.25) is 14.9 Å². The molecule has 0 aliphatic carbocycles. The van der Waals surface area contributed by atoms with Gasteiger partial charge in [0.1, 0.15) is 0 Å². The van der Waals surface area contributed by atoms with Crippen LogP contribution < -0.4 is 10.1 Å². The molecular weight excluding hydrogens is 244 g/mol. The maximum Gasteiger partial charge on any atom is 0.235 e. The molecule has 1 N–H and O–H groups in total. The van der Waals surface area contributed by atoms with E-state index in [0.717, 1.165) is 5.56 Å². The van der Waals surface area contributed by atoms with Crippen molar-refractivity contribution in [3.05, 3.63) is 23.4 Å². The summed E-state index contributed by atoms with van der Waals surface area (Å²) in [5.41, 5.74) is 1.67. The summed E-state index contributed by atoms with van der Waals surface area (Å²) in [5.74, 6) is -0.00149. The van der Waals surface area contributed by atoms with Gasteiger partial charge in [0.05, 0.1) is 18.7 Å². The highest BCUT2D eigenvalue weighted by Crippen LogP contribution is 2.29. The summed E-state index contributed by atoms with van der Waals surface area (Å²) < 4.78 is 5.28. The van der Waals surface area contributed by atoms with Crippen molar-refractivity contribution in [2.75, 3.05) is 7.11 Å². The minimum absolute atomic E-state index is 0.216. The monoisotopic (exact) mass is 262 g/mol. The predicted molar refractivity (Wildman–Crippen MR) is 70.0 cm³/mol. The first-order valence-electron chi connectivity index (χ1n) is 6.41.